The third kappa shape index (κ3) is 5.58. The first-order chi connectivity index (χ1) is 18.8. The van der Waals surface area contributed by atoms with Crippen molar-refractivity contribution in [3.05, 3.63) is 127 Å². The molecule has 0 saturated heterocycles. The van der Waals surface area contributed by atoms with Gasteiger partial charge in [-0.1, -0.05) is 71.5 Å². The van der Waals surface area contributed by atoms with Gasteiger partial charge in [-0.2, -0.15) is 0 Å². The molecule has 0 aliphatic carbocycles. The quantitative estimate of drug-likeness (QED) is 0.373. The van der Waals surface area contributed by atoms with Crippen LogP contribution in [-0.2, 0) is 9.59 Å². The summed E-state index contributed by atoms with van der Waals surface area (Å²) in [6.45, 7) is 3.30. The highest BCUT2D eigenvalue weighted by atomic mass is 32.1. The highest BCUT2D eigenvalue weighted by Gasteiger charge is 2.32. The maximum absolute atomic E-state index is 13.8. The van der Waals surface area contributed by atoms with Crippen LogP contribution in [0.1, 0.15) is 29.7 Å². The highest BCUT2D eigenvalue weighted by molar-refractivity contribution is 7.07. The van der Waals surface area contributed by atoms with Gasteiger partial charge in [-0.05, 0) is 55.3 Å². The van der Waals surface area contributed by atoms with Crippen molar-refractivity contribution in [2.45, 2.75) is 19.9 Å². The molecule has 4 aromatic rings. The zero-order valence-electron chi connectivity index (χ0n) is 21.3. The van der Waals surface area contributed by atoms with Gasteiger partial charge in [-0.3, -0.25) is 14.2 Å². The van der Waals surface area contributed by atoms with E-state index in [1.165, 1.54) is 11.3 Å². The molecule has 0 unspecified atom stereocenters. The fraction of sp³-hybridized carbons (Fsp3) is 0.133. The molecular weight excluding hydrogens is 514 g/mol. The first-order valence-electron chi connectivity index (χ1n) is 12.2. The molecule has 9 heteroatoms. The number of rotatable bonds is 7. The van der Waals surface area contributed by atoms with Crippen LogP contribution in [0, 0.1) is 6.92 Å². The Bertz CT molecular complexity index is 1770. The van der Waals surface area contributed by atoms with Gasteiger partial charge >= 0.3 is 5.97 Å². The number of carboxylic acid groups (broad SMARTS) is 1. The van der Waals surface area contributed by atoms with Gasteiger partial charge in [0.05, 0.1) is 21.8 Å². The van der Waals surface area contributed by atoms with Crippen molar-refractivity contribution in [1.29, 1.82) is 0 Å². The van der Waals surface area contributed by atoms with Crippen LogP contribution in [0.2, 0.25) is 0 Å². The Labute approximate surface area is 227 Å². The molecule has 1 atom stereocenters. The molecule has 2 N–H and O–H groups in total. The molecule has 0 fully saturated rings. The second kappa shape index (κ2) is 10.9. The molecule has 0 spiro atoms. The number of anilines is 1. The third-order valence-corrected chi connectivity index (χ3v) is 7.19. The number of para-hydroxylation sites is 1. The van der Waals surface area contributed by atoms with E-state index in [1.54, 1.807) is 54.0 Å². The van der Waals surface area contributed by atoms with Crippen molar-refractivity contribution in [1.82, 2.24) is 4.57 Å². The van der Waals surface area contributed by atoms with Crippen LogP contribution in [0.25, 0.3) is 6.08 Å². The average Bonchev–Trinajstić information content (AvgIpc) is 3.22. The molecule has 1 amide bonds. The monoisotopic (exact) mass is 539 g/mol. The Kier molecular flexibility index (Phi) is 7.25. The number of ether oxygens (including phenoxy) is 1. The van der Waals surface area contributed by atoms with Gasteiger partial charge in [0.2, 0.25) is 0 Å². The van der Waals surface area contributed by atoms with Crippen molar-refractivity contribution in [3.8, 4) is 5.75 Å². The van der Waals surface area contributed by atoms with E-state index in [4.69, 9.17) is 9.84 Å². The first kappa shape index (κ1) is 25.9. The van der Waals surface area contributed by atoms with Crippen LogP contribution >= 0.6 is 11.3 Å². The van der Waals surface area contributed by atoms with E-state index in [-0.39, 0.29) is 11.5 Å². The van der Waals surface area contributed by atoms with Crippen LogP contribution in [0.15, 0.2) is 99.9 Å². The number of carboxylic acids is 1. The molecule has 2 heterocycles. The smallest absolute Gasteiger partial charge is 0.341 e. The largest absolute Gasteiger partial charge is 0.482 e. The van der Waals surface area contributed by atoms with Crippen LogP contribution in [0.4, 0.5) is 5.69 Å². The second-order valence-corrected chi connectivity index (χ2v) is 10.1. The number of fused-ring (bicyclic) bond motifs is 1. The summed E-state index contributed by atoms with van der Waals surface area (Å²) in [5, 5.41) is 11.8. The first-order valence-corrected chi connectivity index (χ1v) is 13.0. The lowest BCUT2D eigenvalue weighted by molar-refractivity contribution is -0.139. The van der Waals surface area contributed by atoms with Gasteiger partial charge in [0.25, 0.3) is 11.5 Å². The topological polar surface area (TPSA) is 110 Å². The Balaban J connectivity index is 1.61. The lowest BCUT2D eigenvalue weighted by Gasteiger charge is -2.25. The second-order valence-electron chi connectivity index (χ2n) is 9.07. The third-order valence-electron chi connectivity index (χ3n) is 6.21. The Morgan fingerprint density at radius 2 is 1.79 bits per heavy atom. The van der Waals surface area contributed by atoms with Gasteiger partial charge in [0.1, 0.15) is 5.75 Å². The van der Waals surface area contributed by atoms with Crippen LogP contribution in [0.5, 0.6) is 5.75 Å². The molecule has 1 aliphatic rings. The van der Waals surface area contributed by atoms with Gasteiger partial charge in [0.15, 0.2) is 11.4 Å². The molecule has 5 rings (SSSR count). The minimum Gasteiger partial charge on any atom is -0.482 e. The van der Waals surface area contributed by atoms with Crippen LogP contribution < -0.4 is 24.9 Å². The van der Waals surface area contributed by atoms with Crippen molar-refractivity contribution >= 4 is 35.0 Å². The average molecular weight is 540 g/mol. The van der Waals surface area contributed by atoms with E-state index in [1.807, 2.05) is 49.4 Å². The van der Waals surface area contributed by atoms with E-state index in [0.717, 1.165) is 11.1 Å². The van der Waals surface area contributed by atoms with Crippen molar-refractivity contribution < 1.29 is 19.4 Å². The zero-order valence-corrected chi connectivity index (χ0v) is 22.1. The SMILES string of the molecule is CC1=C(C(=O)Nc2ccccc2)[C@H](c2ccc(C)cc2)n2c(s/c(=C\c3cccc(OCC(=O)O)c3)c2=O)=N1. The van der Waals surface area contributed by atoms with E-state index in [0.29, 0.717) is 37.6 Å². The van der Waals surface area contributed by atoms with Crippen molar-refractivity contribution in [3.63, 3.8) is 0 Å². The molecule has 1 aliphatic heterocycles. The number of allylic oxidation sites excluding steroid dienone is 1. The molecule has 0 bridgehead atoms. The maximum Gasteiger partial charge on any atom is 0.341 e. The molecule has 0 saturated carbocycles. The van der Waals surface area contributed by atoms with Crippen molar-refractivity contribution in [2.75, 3.05) is 11.9 Å². The zero-order chi connectivity index (χ0) is 27.5. The molecule has 8 nitrogen and oxygen atoms in total. The number of nitrogens with one attached hydrogen (secondary N) is 1. The predicted molar refractivity (Wildman–Crippen MR) is 150 cm³/mol. The van der Waals surface area contributed by atoms with E-state index >= 15 is 0 Å². The molecule has 1 aromatic heterocycles. The Morgan fingerprint density at radius 1 is 1.05 bits per heavy atom. The van der Waals surface area contributed by atoms with Crippen LogP contribution in [0.3, 0.4) is 0 Å². The number of amides is 1. The summed E-state index contributed by atoms with van der Waals surface area (Å²) < 4.78 is 7.27. The number of nitrogens with zero attached hydrogens (tertiary/aromatic N) is 2. The van der Waals surface area contributed by atoms with Gasteiger partial charge in [-0.15, -0.1) is 0 Å². The lowest BCUT2D eigenvalue weighted by Crippen LogP contribution is -2.40. The van der Waals surface area contributed by atoms with Gasteiger partial charge in [-0.25, -0.2) is 9.79 Å². The molecular formula is C30H25N3O5S. The van der Waals surface area contributed by atoms with Crippen molar-refractivity contribution in [2.24, 2.45) is 4.99 Å². The fourth-order valence-corrected chi connectivity index (χ4v) is 5.43. The summed E-state index contributed by atoms with van der Waals surface area (Å²) in [6, 6.07) is 23.1. The van der Waals surface area contributed by atoms with E-state index in [2.05, 4.69) is 10.3 Å². The number of aromatic nitrogens is 1. The summed E-state index contributed by atoms with van der Waals surface area (Å²) in [7, 11) is 0. The predicted octanol–water partition coefficient (Wildman–Crippen LogP) is 3.65. The number of benzene rings is 3. The minimum atomic E-state index is -1.08. The summed E-state index contributed by atoms with van der Waals surface area (Å²) in [4.78, 5) is 43.4. The molecule has 3 aromatic carbocycles. The minimum absolute atomic E-state index is 0.279. The normalized spacial score (nSPS) is 14.9. The Morgan fingerprint density at radius 3 is 2.51 bits per heavy atom. The number of aryl methyl sites for hydroxylation is 1. The molecule has 0 radical (unpaired) electrons. The Hall–Kier alpha value is -4.76. The lowest BCUT2D eigenvalue weighted by atomic mass is 9.94. The number of thiazole rings is 1. The summed E-state index contributed by atoms with van der Waals surface area (Å²) in [5.74, 6) is -1.02. The highest BCUT2D eigenvalue weighted by Crippen LogP contribution is 2.31. The standard InChI is InChI=1S/C30H25N3O5S/c1-18-11-13-21(14-12-18)27-26(28(36)32-22-8-4-3-5-9-22)19(2)31-30-33(27)29(37)24(39-30)16-20-7-6-10-23(15-20)38-17-25(34)35/h3-16,27H,17H2,1-2H3,(H,32,36)(H,34,35)/b24-16-/t27-/m0/s1. The fourth-order valence-electron chi connectivity index (χ4n) is 4.39. The summed E-state index contributed by atoms with van der Waals surface area (Å²) in [6.07, 6.45) is 1.71. The van der Waals surface area contributed by atoms with E-state index < -0.39 is 18.6 Å². The number of hydrogen-bond acceptors (Lipinski definition) is 6. The van der Waals surface area contributed by atoms with E-state index in [9.17, 15) is 14.4 Å². The molecule has 196 valence electrons. The van der Waals surface area contributed by atoms with Gasteiger partial charge in [0, 0.05) is 5.69 Å². The van der Waals surface area contributed by atoms with Gasteiger partial charge < -0.3 is 15.2 Å². The number of aliphatic carboxylic acids is 1. The maximum atomic E-state index is 13.8. The van der Waals surface area contributed by atoms with Crippen LogP contribution in [-0.4, -0.2) is 28.2 Å². The number of carbonyl (C=O) groups is 2. The summed E-state index contributed by atoms with van der Waals surface area (Å²) >= 11 is 1.23. The number of hydrogen-bond donors (Lipinski definition) is 2. The summed E-state index contributed by atoms with van der Waals surface area (Å²) in [5.41, 5.74) is 3.83. The molecule has 39 heavy (non-hydrogen) atoms. The number of carbonyl (C=O) groups excluding carboxylic acids is 1.